The van der Waals surface area contributed by atoms with Gasteiger partial charge in [-0.25, -0.2) is 22.0 Å². The van der Waals surface area contributed by atoms with Crippen molar-refractivity contribution in [1.82, 2.24) is 3.97 Å². The van der Waals surface area contributed by atoms with Crippen molar-refractivity contribution in [2.75, 3.05) is 7.11 Å². The number of nitriles is 2. The Balaban J connectivity index is 1.68. The van der Waals surface area contributed by atoms with Crippen LogP contribution in [0.25, 0.3) is 44.4 Å². The normalized spacial score (nSPS) is 11.7. The molecular formula is C38H22F5N3O3S. The molecule has 0 saturated carbocycles. The highest BCUT2D eigenvalue weighted by Gasteiger charge is 2.31. The summed E-state index contributed by atoms with van der Waals surface area (Å²) in [5.74, 6) is -3.34. The molecule has 12 heteroatoms. The van der Waals surface area contributed by atoms with E-state index in [9.17, 15) is 33.0 Å². The second-order valence-corrected chi connectivity index (χ2v) is 12.4. The summed E-state index contributed by atoms with van der Waals surface area (Å²) in [4.78, 5) is 11.8. The van der Waals surface area contributed by atoms with Gasteiger partial charge in [-0.3, -0.25) is 4.79 Å². The lowest BCUT2D eigenvalue weighted by molar-refractivity contribution is -0.139. The monoisotopic (exact) mass is 695 g/mol. The molecule has 0 amide bonds. The van der Waals surface area contributed by atoms with Crippen molar-refractivity contribution in [1.29, 1.82) is 10.5 Å². The van der Waals surface area contributed by atoms with E-state index in [1.807, 2.05) is 0 Å². The van der Waals surface area contributed by atoms with E-state index in [0.29, 0.717) is 0 Å². The van der Waals surface area contributed by atoms with Gasteiger partial charge in [-0.1, -0.05) is 24.3 Å². The second kappa shape index (κ2) is 13.9. The number of esters is 1. The molecule has 6 nitrogen and oxygen atoms in total. The molecular weight excluding hydrogens is 673 g/mol. The van der Waals surface area contributed by atoms with Crippen molar-refractivity contribution in [3.8, 4) is 45.6 Å². The van der Waals surface area contributed by atoms with Crippen molar-refractivity contribution >= 4 is 28.2 Å². The SMILES string of the molecule is COC(=O)Cc1cc(F)c(-c2cccc(-c3c(-c4c(C#N)cccc4C#N)c4cc(F)ccc4n3[S+]([O-])c3ccc(C(F)F)cc3)c2)c(F)c1. The van der Waals surface area contributed by atoms with E-state index >= 15 is 8.78 Å². The Morgan fingerprint density at radius 1 is 0.820 bits per heavy atom. The van der Waals surface area contributed by atoms with Crippen LogP contribution in [0.5, 0.6) is 0 Å². The molecule has 1 aromatic heterocycles. The third-order valence-corrected chi connectivity index (χ3v) is 9.43. The van der Waals surface area contributed by atoms with Crippen LogP contribution in [-0.2, 0) is 27.3 Å². The number of hydrogen-bond donors (Lipinski definition) is 0. The maximum Gasteiger partial charge on any atom is 0.309 e. The fourth-order valence-corrected chi connectivity index (χ4v) is 7.11. The highest BCUT2D eigenvalue weighted by molar-refractivity contribution is 7.90. The molecule has 0 radical (unpaired) electrons. The van der Waals surface area contributed by atoms with E-state index < -0.39 is 46.8 Å². The molecule has 0 saturated heterocycles. The molecule has 6 aromatic rings. The molecule has 50 heavy (non-hydrogen) atoms. The Morgan fingerprint density at radius 3 is 2.04 bits per heavy atom. The summed E-state index contributed by atoms with van der Waals surface area (Å²) in [6, 6.07) is 24.8. The third kappa shape index (κ3) is 6.18. The van der Waals surface area contributed by atoms with Crippen molar-refractivity contribution in [2.24, 2.45) is 0 Å². The van der Waals surface area contributed by atoms with Crippen molar-refractivity contribution < 1.29 is 36.0 Å². The Hall–Kier alpha value is -5.95. The Labute approximate surface area is 285 Å². The third-order valence-electron chi connectivity index (χ3n) is 8.04. The van der Waals surface area contributed by atoms with E-state index in [0.717, 1.165) is 43.5 Å². The van der Waals surface area contributed by atoms with E-state index in [2.05, 4.69) is 16.9 Å². The van der Waals surface area contributed by atoms with E-state index in [4.69, 9.17) is 0 Å². The molecule has 0 fully saturated rings. The lowest BCUT2D eigenvalue weighted by atomic mass is 9.90. The number of methoxy groups -OCH3 is 1. The van der Waals surface area contributed by atoms with Crippen LogP contribution in [-0.4, -0.2) is 21.6 Å². The number of hydrogen-bond acceptors (Lipinski definition) is 5. The molecule has 248 valence electrons. The molecule has 0 aliphatic rings. The summed E-state index contributed by atoms with van der Waals surface area (Å²) in [7, 11) is 1.15. The van der Waals surface area contributed by atoms with Crippen LogP contribution >= 0.6 is 0 Å². The largest absolute Gasteiger partial charge is 0.587 e. The fourth-order valence-electron chi connectivity index (χ4n) is 5.83. The van der Waals surface area contributed by atoms with Crippen LogP contribution in [0.1, 0.15) is 28.7 Å². The summed E-state index contributed by atoms with van der Waals surface area (Å²) in [5, 5.41) is 20.4. The molecule has 0 bridgehead atoms. The number of benzene rings is 5. The predicted octanol–water partition coefficient (Wildman–Crippen LogP) is 9.03. The maximum atomic E-state index is 15.5. The van der Waals surface area contributed by atoms with Gasteiger partial charge in [0.05, 0.1) is 47.9 Å². The fraction of sp³-hybridized carbons (Fsp3) is 0.0789. The Kier molecular flexibility index (Phi) is 9.42. The Bertz CT molecular complexity index is 2320. The molecule has 0 aliphatic heterocycles. The first kappa shape index (κ1) is 33.9. The van der Waals surface area contributed by atoms with Crippen LogP contribution in [0.4, 0.5) is 22.0 Å². The zero-order chi connectivity index (χ0) is 35.7. The number of fused-ring (bicyclic) bond motifs is 1. The molecule has 0 spiro atoms. The minimum atomic E-state index is -2.78. The topological polar surface area (TPSA) is 102 Å². The van der Waals surface area contributed by atoms with Gasteiger partial charge < -0.3 is 9.29 Å². The van der Waals surface area contributed by atoms with Crippen LogP contribution in [0.3, 0.4) is 0 Å². The van der Waals surface area contributed by atoms with Gasteiger partial charge in [-0.05, 0) is 83.9 Å². The number of halogens is 5. The summed E-state index contributed by atoms with van der Waals surface area (Å²) in [6.07, 6.45) is -3.14. The standard InChI is InChI=1S/C38H22F5N3O3S/c1-49-33(47)16-21-14-30(40)35(31(41)15-21)23-4-2-5-24(17-23)37-36(34-25(19-44)6-3-7-26(34)20-45)29-18-27(39)10-13-32(29)46(37)50(48)28-11-8-22(9-12-28)38(42)43/h2-15,17-18,38H,16H2,1H3. The molecule has 6 rings (SSSR count). The smallest absolute Gasteiger partial charge is 0.309 e. The number of carbonyl (C=O) groups is 1. The number of rotatable bonds is 8. The molecule has 1 atom stereocenters. The van der Waals surface area contributed by atoms with Crippen molar-refractivity contribution in [3.63, 3.8) is 0 Å². The zero-order valence-electron chi connectivity index (χ0n) is 25.9. The van der Waals surface area contributed by atoms with Crippen LogP contribution in [0.15, 0.2) is 102 Å². The van der Waals surface area contributed by atoms with Gasteiger partial charge in [0.2, 0.25) is 0 Å². The molecule has 0 aliphatic carbocycles. The second-order valence-electron chi connectivity index (χ2n) is 11.0. The van der Waals surface area contributed by atoms with E-state index in [1.54, 1.807) is 6.07 Å². The van der Waals surface area contributed by atoms with Crippen LogP contribution in [0, 0.1) is 40.1 Å². The lowest BCUT2D eigenvalue weighted by Crippen LogP contribution is -2.14. The van der Waals surface area contributed by atoms with Gasteiger partial charge in [0, 0.05) is 27.6 Å². The number of nitrogens with zero attached hydrogens (tertiary/aromatic N) is 3. The summed E-state index contributed by atoms with van der Waals surface area (Å²) >= 11 is -2.21. The van der Waals surface area contributed by atoms with Crippen LogP contribution in [0.2, 0.25) is 0 Å². The predicted molar refractivity (Wildman–Crippen MR) is 176 cm³/mol. The minimum absolute atomic E-state index is 0.0371. The van der Waals surface area contributed by atoms with Crippen LogP contribution < -0.4 is 0 Å². The van der Waals surface area contributed by atoms with Gasteiger partial charge in [0.1, 0.15) is 34.5 Å². The lowest BCUT2D eigenvalue weighted by Gasteiger charge is -2.17. The quantitative estimate of drug-likeness (QED) is 0.0899. The first-order valence-corrected chi connectivity index (χ1v) is 15.9. The van der Waals surface area contributed by atoms with E-state index in [-0.39, 0.29) is 72.4 Å². The summed E-state index contributed by atoms with van der Waals surface area (Å²) in [6.45, 7) is 0. The van der Waals surface area contributed by atoms with Gasteiger partial charge in [-0.15, -0.1) is 0 Å². The van der Waals surface area contributed by atoms with E-state index in [1.165, 1.54) is 58.6 Å². The van der Waals surface area contributed by atoms with Gasteiger partial charge >= 0.3 is 5.97 Å². The Morgan fingerprint density at radius 2 is 1.44 bits per heavy atom. The average Bonchev–Trinajstić information content (AvgIpc) is 3.44. The molecule has 5 aromatic carbocycles. The molecule has 1 unspecified atom stereocenters. The first-order valence-electron chi connectivity index (χ1n) is 14.8. The highest BCUT2D eigenvalue weighted by Crippen LogP contribution is 2.46. The highest BCUT2D eigenvalue weighted by atomic mass is 32.2. The van der Waals surface area contributed by atoms with Gasteiger partial charge in [0.25, 0.3) is 6.43 Å². The summed E-state index contributed by atoms with van der Waals surface area (Å²) < 4.78 is 93.2. The number of alkyl halides is 2. The zero-order valence-corrected chi connectivity index (χ0v) is 26.7. The van der Waals surface area contributed by atoms with Gasteiger partial charge in [-0.2, -0.15) is 14.5 Å². The minimum Gasteiger partial charge on any atom is -0.587 e. The number of carbonyl (C=O) groups excluding carboxylic acids is 1. The molecule has 0 N–H and O–H groups in total. The van der Waals surface area contributed by atoms with Crippen molar-refractivity contribution in [3.05, 3.63) is 137 Å². The van der Waals surface area contributed by atoms with Crippen molar-refractivity contribution in [2.45, 2.75) is 17.7 Å². The van der Waals surface area contributed by atoms with Gasteiger partial charge in [0.15, 0.2) is 4.90 Å². The molecule has 1 heterocycles. The maximum absolute atomic E-state index is 15.5. The first-order chi connectivity index (χ1) is 24.1. The number of ether oxygens (including phenoxy) is 1. The average molecular weight is 696 g/mol. The number of aromatic nitrogens is 1. The summed E-state index contributed by atoms with van der Waals surface area (Å²) in [5.41, 5.74) is 0.144.